The molecule has 2 N–H and O–H groups in total. The van der Waals surface area contributed by atoms with E-state index in [9.17, 15) is 9.59 Å². The number of hydrogen-bond donors (Lipinski definition) is 2. The van der Waals surface area contributed by atoms with Gasteiger partial charge in [0.1, 0.15) is 6.04 Å². The maximum Gasteiger partial charge on any atom is 0.252 e. The third-order valence-corrected chi connectivity index (χ3v) is 3.31. The Labute approximate surface area is 135 Å². The Balaban J connectivity index is 2.13. The summed E-state index contributed by atoms with van der Waals surface area (Å²) >= 11 is 0. The molecule has 120 valence electrons. The van der Waals surface area contributed by atoms with Gasteiger partial charge in [-0.15, -0.1) is 0 Å². The smallest absolute Gasteiger partial charge is 0.252 e. The molecule has 0 aromatic heterocycles. The van der Waals surface area contributed by atoms with Gasteiger partial charge >= 0.3 is 0 Å². The van der Waals surface area contributed by atoms with Crippen LogP contribution in [0.4, 0.5) is 0 Å². The van der Waals surface area contributed by atoms with Crippen molar-refractivity contribution < 1.29 is 14.3 Å². The second-order valence-corrected chi connectivity index (χ2v) is 4.97. The van der Waals surface area contributed by atoms with Crippen LogP contribution in [0.15, 0.2) is 60.7 Å². The van der Waals surface area contributed by atoms with Crippen LogP contribution in [-0.4, -0.2) is 32.1 Å². The third-order valence-electron chi connectivity index (χ3n) is 3.31. The number of ether oxygens (including phenoxy) is 1. The molecule has 5 heteroatoms. The molecular formula is C18H20N2O3. The lowest BCUT2D eigenvalue weighted by atomic mass is 10.1. The van der Waals surface area contributed by atoms with E-state index in [1.54, 1.807) is 31.4 Å². The maximum absolute atomic E-state index is 12.4. The van der Waals surface area contributed by atoms with E-state index in [2.05, 4.69) is 10.6 Å². The zero-order valence-electron chi connectivity index (χ0n) is 13.0. The number of methoxy groups -OCH3 is 1. The van der Waals surface area contributed by atoms with Gasteiger partial charge in [0.05, 0.1) is 6.61 Å². The van der Waals surface area contributed by atoms with E-state index in [1.165, 1.54) is 0 Å². The third kappa shape index (κ3) is 4.93. The predicted molar refractivity (Wildman–Crippen MR) is 88.0 cm³/mol. The lowest BCUT2D eigenvalue weighted by Crippen LogP contribution is -2.41. The summed E-state index contributed by atoms with van der Waals surface area (Å²) in [5.74, 6) is -0.557. The highest BCUT2D eigenvalue weighted by Crippen LogP contribution is 2.14. The van der Waals surface area contributed by atoms with Crippen molar-refractivity contribution in [3.8, 4) is 0 Å². The molecule has 2 rings (SSSR count). The molecule has 23 heavy (non-hydrogen) atoms. The Kier molecular flexibility index (Phi) is 6.32. The summed E-state index contributed by atoms with van der Waals surface area (Å²) in [5, 5.41) is 5.54. The minimum absolute atomic E-state index is 0.266. The van der Waals surface area contributed by atoms with Crippen LogP contribution < -0.4 is 10.6 Å². The summed E-state index contributed by atoms with van der Waals surface area (Å²) in [6.07, 6.45) is 0. The number of benzene rings is 2. The molecule has 5 nitrogen and oxygen atoms in total. The fourth-order valence-electron chi connectivity index (χ4n) is 2.13. The van der Waals surface area contributed by atoms with Gasteiger partial charge in [-0.25, -0.2) is 0 Å². The lowest BCUT2D eigenvalue weighted by Gasteiger charge is -2.19. The molecule has 1 unspecified atom stereocenters. The second-order valence-electron chi connectivity index (χ2n) is 4.97. The van der Waals surface area contributed by atoms with E-state index in [0.29, 0.717) is 18.7 Å². The highest BCUT2D eigenvalue weighted by molar-refractivity contribution is 5.97. The summed E-state index contributed by atoms with van der Waals surface area (Å²) < 4.78 is 4.93. The first-order valence-corrected chi connectivity index (χ1v) is 7.40. The van der Waals surface area contributed by atoms with E-state index < -0.39 is 6.04 Å². The van der Waals surface area contributed by atoms with Crippen LogP contribution in [-0.2, 0) is 9.53 Å². The molecule has 0 saturated heterocycles. The molecule has 0 saturated carbocycles. The highest BCUT2D eigenvalue weighted by Gasteiger charge is 2.22. The molecule has 2 aromatic carbocycles. The molecule has 0 bridgehead atoms. The van der Waals surface area contributed by atoms with E-state index in [-0.39, 0.29) is 11.8 Å². The largest absolute Gasteiger partial charge is 0.383 e. The minimum Gasteiger partial charge on any atom is -0.383 e. The molecule has 0 aliphatic heterocycles. The Morgan fingerprint density at radius 3 is 2.22 bits per heavy atom. The number of amides is 2. The van der Waals surface area contributed by atoms with Gasteiger partial charge in [-0.05, 0) is 17.7 Å². The first-order valence-electron chi connectivity index (χ1n) is 7.40. The molecule has 0 aliphatic carbocycles. The van der Waals surface area contributed by atoms with Crippen molar-refractivity contribution in [2.45, 2.75) is 6.04 Å². The Hall–Kier alpha value is -2.66. The molecule has 0 heterocycles. The van der Waals surface area contributed by atoms with Gasteiger partial charge in [-0.1, -0.05) is 48.5 Å². The second kappa shape index (κ2) is 8.70. The van der Waals surface area contributed by atoms with Crippen LogP contribution in [0, 0.1) is 0 Å². The molecular weight excluding hydrogens is 292 g/mol. The normalized spacial score (nSPS) is 11.5. The SMILES string of the molecule is COCCNC(=O)C(NC(=O)c1ccccc1)c1ccccc1. The van der Waals surface area contributed by atoms with Crippen molar-refractivity contribution in [1.29, 1.82) is 0 Å². The van der Waals surface area contributed by atoms with Gasteiger partial charge < -0.3 is 15.4 Å². The van der Waals surface area contributed by atoms with Gasteiger partial charge in [0.15, 0.2) is 0 Å². The molecule has 1 atom stereocenters. The Bertz CT molecular complexity index is 629. The van der Waals surface area contributed by atoms with E-state index in [1.807, 2.05) is 36.4 Å². The number of carbonyl (C=O) groups is 2. The van der Waals surface area contributed by atoms with E-state index in [4.69, 9.17) is 4.74 Å². The fourth-order valence-corrected chi connectivity index (χ4v) is 2.13. The number of carbonyl (C=O) groups excluding carboxylic acids is 2. The van der Waals surface area contributed by atoms with Crippen LogP contribution in [0.5, 0.6) is 0 Å². The van der Waals surface area contributed by atoms with Crippen molar-refractivity contribution in [3.05, 3.63) is 71.8 Å². The molecule has 2 amide bonds. The fraction of sp³-hybridized carbons (Fsp3) is 0.222. The zero-order valence-corrected chi connectivity index (χ0v) is 13.0. The summed E-state index contributed by atoms with van der Waals surface area (Å²) in [6, 6.07) is 17.2. The number of nitrogens with one attached hydrogen (secondary N) is 2. The Morgan fingerprint density at radius 1 is 1.00 bits per heavy atom. The topological polar surface area (TPSA) is 67.4 Å². The van der Waals surface area contributed by atoms with Gasteiger partial charge in [0, 0.05) is 19.2 Å². The summed E-state index contributed by atoms with van der Waals surface area (Å²) in [6.45, 7) is 0.805. The minimum atomic E-state index is -0.749. The molecule has 0 fully saturated rings. The molecule has 0 aliphatic rings. The number of hydrogen-bond acceptors (Lipinski definition) is 3. The van der Waals surface area contributed by atoms with Crippen LogP contribution in [0.2, 0.25) is 0 Å². The highest BCUT2D eigenvalue weighted by atomic mass is 16.5. The van der Waals surface area contributed by atoms with Crippen molar-refractivity contribution in [2.24, 2.45) is 0 Å². The zero-order chi connectivity index (χ0) is 16.5. The van der Waals surface area contributed by atoms with Gasteiger partial charge in [-0.2, -0.15) is 0 Å². The summed E-state index contributed by atoms with van der Waals surface area (Å²) in [4.78, 5) is 24.8. The van der Waals surface area contributed by atoms with Crippen molar-refractivity contribution in [3.63, 3.8) is 0 Å². The molecule has 0 radical (unpaired) electrons. The van der Waals surface area contributed by atoms with Crippen molar-refractivity contribution >= 4 is 11.8 Å². The van der Waals surface area contributed by atoms with Gasteiger partial charge in [0.2, 0.25) is 5.91 Å². The van der Waals surface area contributed by atoms with Crippen molar-refractivity contribution in [1.82, 2.24) is 10.6 Å². The quantitative estimate of drug-likeness (QED) is 0.768. The van der Waals surface area contributed by atoms with E-state index in [0.717, 1.165) is 5.56 Å². The average Bonchev–Trinajstić information content (AvgIpc) is 2.61. The van der Waals surface area contributed by atoms with Crippen LogP contribution in [0.1, 0.15) is 22.0 Å². The lowest BCUT2D eigenvalue weighted by molar-refractivity contribution is -0.123. The predicted octanol–water partition coefficient (Wildman–Crippen LogP) is 1.92. The summed E-state index contributed by atoms with van der Waals surface area (Å²) in [5.41, 5.74) is 1.24. The van der Waals surface area contributed by atoms with Crippen LogP contribution in [0.25, 0.3) is 0 Å². The first-order chi connectivity index (χ1) is 11.2. The van der Waals surface area contributed by atoms with Crippen LogP contribution in [0.3, 0.4) is 0 Å². The first kappa shape index (κ1) is 16.7. The monoisotopic (exact) mass is 312 g/mol. The van der Waals surface area contributed by atoms with Gasteiger partial charge in [0.25, 0.3) is 5.91 Å². The summed E-state index contributed by atoms with van der Waals surface area (Å²) in [7, 11) is 1.57. The van der Waals surface area contributed by atoms with Gasteiger partial charge in [-0.3, -0.25) is 9.59 Å². The van der Waals surface area contributed by atoms with Crippen LogP contribution >= 0.6 is 0 Å². The standard InChI is InChI=1S/C18H20N2O3/c1-23-13-12-19-18(22)16(14-8-4-2-5-9-14)20-17(21)15-10-6-3-7-11-15/h2-11,16H,12-13H2,1H3,(H,19,22)(H,20,21). The molecule has 0 spiro atoms. The number of rotatable bonds is 7. The average molecular weight is 312 g/mol. The van der Waals surface area contributed by atoms with Crippen molar-refractivity contribution in [2.75, 3.05) is 20.3 Å². The molecule has 2 aromatic rings. The Morgan fingerprint density at radius 2 is 1.61 bits per heavy atom. The van der Waals surface area contributed by atoms with E-state index >= 15 is 0 Å². The maximum atomic E-state index is 12.4.